The van der Waals surface area contributed by atoms with Gasteiger partial charge in [0.15, 0.2) is 0 Å². The summed E-state index contributed by atoms with van der Waals surface area (Å²) in [7, 11) is 3.54. The Morgan fingerprint density at radius 3 is 2.70 bits per heavy atom. The van der Waals surface area contributed by atoms with E-state index in [1.165, 1.54) is 5.56 Å². The Balaban J connectivity index is 1.79. The Bertz CT molecular complexity index is 679. The van der Waals surface area contributed by atoms with Crippen molar-refractivity contribution in [3.8, 4) is 5.75 Å². The van der Waals surface area contributed by atoms with Crippen LogP contribution in [0.3, 0.4) is 0 Å². The summed E-state index contributed by atoms with van der Waals surface area (Å²) in [5.74, 6) is 0.678. The smallest absolute Gasteiger partial charge is 0.239 e. The number of methoxy groups -OCH3 is 1. The summed E-state index contributed by atoms with van der Waals surface area (Å²) in [5.41, 5.74) is 4.17. The quantitative estimate of drug-likeness (QED) is 0.817. The number of hydrogen-bond acceptors (Lipinski definition) is 4. The number of amides is 1. The van der Waals surface area contributed by atoms with E-state index < -0.39 is 0 Å². The molecule has 2 rings (SSSR count). The zero-order valence-corrected chi connectivity index (χ0v) is 14.1. The van der Waals surface area contributed by atoms with E-state index in [2.05, 4.69) is 15.7 Å². The third-order valence-electron chi connectivity index (χ3n) is 3.90. The monoisotopic (exact) mass is 316 g/mol. The molecular weight excluding hydrogens is 292 g/mol. The highest BCUT2D eigenvalue weighted by atomic mass is 16.5. The van der Waals surface area contributed by atoms with E-state index in [1.54, 1.807) is 7.11 Å². The molecule has 23 heavy (non-hydrogen) atoms. The molecule has 0 fully saturated rings. The van der Waals surface area contributed by atoms with E-state index >= 15 is 0 Å². The first kappa shape index (κ1) is 16.9. The zero-order valence-electron chi connectivity index (χ0n) is 14.1. The number of anilines is 1. The van der Waals surface area contributed by atoms with Gasteiger partial charge in [0, 0.05) is 19.3 Å². The molecule has 124 valence electrons. The molecule has 0 unspecified atom stereocenters. The van der Waals surface area contributed by atoms with Gasteiger partial charge in [0.05, 0.1) is 25.0 Å². The third-order valence-corrected chi connectivity index (χ3v) is 3.90. The number of ether oxygens (including phenoxy) is 1. The first-order chi connectivity index (χ1) is 11.0. The van der Waals surface area contributed by atoms with Crippen LogP contribution in [-0.2, 0) is 18.3 Å². The number of hydrogen-bond donors (Lipinski definition) is 2. The van der Waals surface area contributed by atoms with E-state index in [1.807, 2.05) is 49.8 Å². The average molecular weight is 316 g/mol. The lowest BCUT2D eigenvalue weighted by molar-refractivity contribution is -0.119. The number of carbonyl (C=O) groups is 1. The number of aromatic nitrogens is 2. The van der Waals surface area contributed by atoms with Crippen LogP contribution in [0.1, 0.15) is 17.0 Å². The van der Waals surface area contributed by atoms with Crippen LogP contribution in [0.15, 0.2) is 24.3 Å². The topological polar surface area (TPSA) is 68.2 Å². The van der Waals surface area contributed by atoms with E-state index in [9.17, 15) is 4.79 Å². The second-order valence-corrected chi connectivity index (χ2v) is 5.43. The van der Waals surface area contributed by atoms with Gasteiger partial charge in [-0.15, -0.1) is 0 Å². The van der Waals surface area contributed by atoms with Crippen LogP contribution in [0.5, 0.6) is 5.75 Å². The van der Waals surface area contributed by atoms with Crippen LogP contribution in [0.2, 0.25) is 0 Å². The molecule has 0 spiro atoms. The fourth-order valence-electron chi connectivity index (χ4n) is 2.53. The number of nitrogens with one attached hydrogen (secondary N) is 2. The van der Waals surface area contributed by atoms with Gasteiger partial charge >= 0.3 is 0 Å². The molecular formula is C17H24N4O2. The molecule has 2 N–H and O–H groups in total. The van der Waals surface area contributed by atoms with Crippen molar-refractivity contribution in [3.63, 3.8) is 0 Å². The molecule has 0 radical (unpaired) electrons. The highest BCUT2D eigenvalue weighted by Gasteiger charge is 2.10. The summed E-state index contributed by atoms with van der Waals surface area (Å²) in [6.07, 6.45) is 0.784. The van der Waals surface area contributed by atoms with Gasteiger partial charge in [0.2, 0.25) is 5.91 Å². The normalized spacial score (nSPS) is 10.4. The van der Waals surface area contributed by atoms with Gasteiger partial charge in [0.1, 0.15) is 5.75 Å². The number of benzene rings is 1. The van der Waals surface area contributed by atoms with Gasteiger partial charge in [-0.05, 0) is 38.0 Å². The van der Waals surface area contributed by atoms with Crippen LogP contribution in [-0.4, -0.2) is 35.9 Å². The molecule has 0 bridgehead atoms. The minimum absolute atomic E-state index is 0.0462. The zero-order chi connectivity index (χ0) is 16.8. The molecule has 1 heterocycles. The molecule has 1 amide bonds. The van der Waals surface area contributed by atoms with Crippen molar-refractivity contribution >= 4 is 11.6 Å². The fourth-order valence-corrected chi connectivity index (χ4v) is 2.53. The summed E-state index contributed by atoms with van der Waals surface area (Å²) < 4.78 is 7.11. The van der Waals surface area contributed by atoms with Crippen molar-refractivity contribution in [2.75, 3.05) is 25.5 Å². The molecule has 1 aromatic carbocycles. The lowest BCUT2D eigenvalue weighted by atomic mass is 10.1. The van der Waals surface area contributed by atoms with Crippen molar-refractivity contribution in [1.82, 2.24) is 15.1 Å². The minimum Gasteiger partial charge on any atom is -0.495 e. The summed E-state index contributed by atoms with van der Waals surface area (Å²) in [6, 6.07) is 7.53. The second kappa shape index (κ2) is 7.67. The van der Waals surface area contributed by atoms with Crippen molar-refractivity contribution in [2.24, 2.45) is 7.05 Å². The lowest BCUT2D eigenvalue weighted by Crippen LogP contribution is -2.31. The maximum atomic E-state index is 11.9. The summed E-state index contributed by atoms with van der Waals surface area (Å²) in [6.45, 7) is 4.85. The average Bonchev–Trinajstić information content (AvgIpc) is 2.79. The third kappa shape index (κ3) is 4.25. The Labute approximate surface area is 136 Å². The Kier molecular flexibility index (Phi) is 5.62. The molecule has 6 heteroatoms. The number of carbonyl (C=O) groups excluding carboxylic acids is 1. The SMILES string of the molecule is COc1ccccc1NCC(=O)NCCc1c(C)nn(C)c1C. The van der Waals surface area contributed by atoms with Crippen molar-refractivity contribution < 1.29 is 9.53 Å². The van der Waals surface area contributed by atoms with Crippen LogP contribution >= 0.6 is 0 Å². The Morgan fingerprint density at radius 2 is 2.04 bits per heavy atom. The van der Waals surface area contributed by atoms with Crippen molar-refractivity contribution in [3.05, 3.63) is 41.2 Å². The molecule has 0 aliphatic carbocycles. The highest BCUT2D eigenvalue weighted by Crippen LogP contribution is 2.22. The Hall–Kier alpha value is -2.50. The van der Waals surface area contributed by atoms with Gasteiger partial charge < -0.3 is 15.4 Å². The van der Waals surface area contributed by atoms with Gasteiger partial charge in [-0.3, -0.25) is 9.48 Å². The van der Waals surface area contributed by atoms with Crippen LogP contribution in [0, 0.1) is 13.8 Å². The first-order valence-electron chi connectivity index (χ1n) is 7.65. The molecule has 0 aliphatic rings. The fraction of sp³-hybridized carbons (Fsp3) is 0.412. The number of rotatable bonds is 7. The highest BCUT2D eigenvalue weighted by molar-refractivity contribution is 5.81. The summed E-state index contributed by atoms with van der Waals surface area (Å²) in [4.78, 5) is 11.9. The largest absolute Gasteiger partial charge is 0.495 e. The number of para-hydroxylation sites is 2. The molecule has 6 nitrogen and oxygen atoms in total. The standard InChI is InChI=1S/C17H24N4O2/c1-12-14(13(2)21(3)20-12)9-10-18-17(22)11-19-15-7-5-6-8-16(15)23-4/h5-8,19H,9-11H2,1-4H3,(H,18,22). The summed E-state index contributed by atoms with van der Waals surface area (Å²) >= 11 is 0. The molecule has 0 saturated heterocycles. The molecule has 1 aromatic heterocycles. The Morgan fingerprint density at radius 1 is 1.30 bits per heavy atom. The van der Waals surface area contributed by atoms with E-state index in [4.69, 9.17) is 4.74 Å². The predicted octanol–water partition coefficient (Wildman–Crippen LogP) is 1.82. The summed E-state index contributed by atoms with van der Waals surface area (Å²) in [5, 5.41) is 10.4. The number of nitrogens with zero attached hydrogens (tertiary/aromatic N) is 2. The van der Waals surface area contributed by atoms with Gasteiger partial charge in [-0.25, -0.2) is 0 Å². The van der Waals surface area contributed by atoms with Gasteiger partial charge in [0.25, 0.3) is 0 Å². The lowest BCUT2D eigenvalue weighted by Gasteiger charge is -2.11. The van der Waals surface area contributed by atoms with Gasteiger partial charge in [-0.1, -0.05) is 12.1 Å². The van der Waals surface area contributed by atoms with Crippen LogP contribution in [0.4, 0.5) is 5.69 Å². The van der Waals surface area contributed by atoms with E-state index in [0.29, 0.717) is 6.54 Å². The van der Waals surface area contributed by atoms with E-state index in [0.717, 1.165) is 29.2 Å². The second-order valence-electron chi connectivity index (χ2n) is 5.43. The van der Waals surface area contributed by atoms with Crippen molar-refractivity contribution in [2.45, 2.75) is 20.3 Å². The maximum absolute atomic E-state index is 11.9. The van der Waals surface area contributed by atoms with Crippen LogP contribution < -0.4 is 15.4 Å². The molecule has 0 saturated carbocycles. The minimum atomic E-state index is -0.0462. The maximum Gasteiger partial charge on any atom is 0.239 e. The van der Waals surface area contributed by atoms with Crippen LogP contribution in [0.25, 0.3) is 0 Å². The first-order valence-corrected chi connectivity index (χ1v) is 7.65. The van der Waals surface area contributed by atoms with Crippen molar-refractivity contribution in [1.29, 1.82) is 0 Å². The predicted molar refractivity (Wildman–Crippen MR) is 90.9 cm³/mol. The molecule has 0 aliphatic heterocycles. The molecule has 0 atom stereocenters. The number of aryl methyl sites for hydroxylation is 2. The van der Waals surface area contributed by atoms with Gasteiger partial charge in [-0.2, -0.15) is 5.10 Å². The molecule has 2 aromatic rings. The van der Waals surface area contributed by atoms with E-state index in [-0.39, 0.29) is 12.5 Å².